The monoisotopic (exact) mass is 562 g/mol. The maximum Gasteiger partial charge on any atom is 0.0194 e. The second-order valence-corrected chi connectivity index (χ2v) is 14.3. The van der Waals surface area contributed by atoms with Gasteiger partial charge in [0.25, 0.3) is 0 Å². The van der Waals surface area contributed by atoms with Crippen LogP contribution in [0.5, 0.6) is 0 Å². The molecule has 0 fully saturated rings. The fourth-order valence-corrected chi connectivity index (χ4v) is 8.70. The molecular formula is C42H58. The van der Waals surface area contributed by atoms with Crippen LogP contribution in [0.25, 0.3) is 11.1 Å². The van der Waals surface area contributed by atoms with E-state index in [0.29, 0.717) is 0 Å². The third-order valence-corrected chi connectivity index (χ3v) is 10.9. The van der Waals surface area contributed by atoms with Gasteiger partial charge < -0.3 is 0 Å². The summed E-state index contributed by atoms with van der Waals surface area (Å²) < 4.78 is 0. The summed E-state index contributed by atoms with van der Waals surface area (Å²) in [5.74, 6) is 0. The van der Waals surface area contributed by atoms with Crippen molar-refractivity contribution >= 4 is 11.1 Å². The molecule has 0 nitrogen and oxygen atoms in total. The molecule has 0 amide bonds. The van der Waals surface area contributed by atoms with Gasteiger partial charge in [0.05, 0.1) is 0 Å². The molecule has 1 unspecified atom stereocenters. The highest BCUT2D eigenvalue weighted by molar-refractivity contribution is 5.90. The van der Waals surface area contributed by atoms with Crippen LogP contribution < -0.4 is 0 Å². The van der Waals surface area contributed by atoms with E-state index in [1.54, 1.807) is 0 Å². The highest BCUT2D eigenvalue weighted by atomic mass is 14.6. The fraction of sp³-hybridized carbons (Fsp3) is 0.476. The van der Waals surface area contributed by atoms with Crippen molar-refractivity contribution in [3.63, 3.8) is 0 Å². The number of rotatable bonds is 5. The Morgan fingerprint density at radius 3 is 2.07 bits per heavy atom. The maximum absolute atomic E-state index is 4.86. The summed E-state index contributed by atoms with van der Waals surface area (Å²) in [5.41, 5.74) is 18.5. The predicted molar refractivity (Wildman–Crippen MR) is 190 cm³/mol. The highest BCUT2D eigenvalue weighted by Crippen LogP contribution is 2.70. The average Bonchev–Trinajstić information content (AvgIpc) is 2.89. The van der Waals surface area contributed by atoms with E-state index in [4.69, 9.17) is 13.2 Å². The summed E-state index contributed by atoms with van der Waals surface area (Å²) in [6, 6.07) is 2.39. The lowest BCUT2D eigenvalue weighted by Gasteiger charge is -2.62. The minimum Gasteiger partial charge on any atom is -0.0984 e. The topological polar surface area (TPSA) is 0 Å². The molecule has 3 aliphatic rings. The van der Waals surface area contributed by atoms with Crippen LogP contribution >= 0.6 is 0 Å². The molecule has 0 aliphatic heterocycles. The Balaban J connectivity index is 0.00000155. The molecule has 1 aromatic rings. The number of hydrogen-bond donors (Lipinski definition) is 0. The zero-order valence-corrected chi connectivity index (χ0v) is 29.2. The van der Waals surface area contributed by atoms with E-state index in [-0.39, 0.29) is 16.2 Å². The second-order valence-electron chi connectivity index (χ2n) is 14.3. The molecule has 3 aliphatic carbocycles. The van der Waals surface area contributed by atoms with Gasteiger partial charge in [0.2, 0.25) is 0 Å². The van der Waals surface area contributed by atoms with E-state index < -0.39 is 0 Å². The van der Waals surface area contributed by atoms with Gasteiger partial charge >= 0.3 is 0 Å². The molecular weight excluding hydrogens is 504 g/mol. The Kier molecular flexibility index (Phi) is 9.63. The van der Waals surface area contributed by atoms with Crippen LogP contribution in [-0.2, 0) is 6.42 Å². The number of aryl methyl sites for hydroxylation is 1. The normalized spacial score (nSPS) is 27.6. The average molecular weight is 563 g/mol. The Morgan fingerprint density at radius 2 is 1.55 bits per heavy atom. The van der Waals surface area contributed by atoms with Crippen molar-refractivity contribution in [2.45, 2.75) is 115 Å². The minimum atomic E-state index is -0.134. The molecule has 42 heavy (non-hydrogen) atoms. The number of benzene rings is 1. The summed E-state index contributed by atoms with van der Waals surface area (Å²) >= 11 is 0. The third-order valence-electron chi connectivity index (χ3n) is 10.9. The van der Waals surface area contributed by atoms with Crippen LogP contribution in [0.1, 0.15) is 123 Å². The number of allylic oxidation sites excluding steroid dienone is 12. The standard InChI is InChI=1S/C39H50.C3H8/c1-15-24(5)17-18-31(16-2)32-19-25(6)33-21-37(12)22-38(13)20-26(7)34(23(3)4)29(10)39(38,14)30(11)36(37)28(9)35(33)27(32)8;1-3-2/h16-19H,2-3,9-10,15,20-22H2,1,4-8,11-14H3;3H2,1-2H3/b24-17+,31-18+;/t37?,38-,39+;/m1./s1. The molecule has 0 N–H and O–H groups in total. The van der Waals surface area contributed by atoms with Crippen molar-refractivity contribution in [2.24, 2.45) is 16.2 Å². The lowest BCUT2D eigenvalue weighted by molar-refractivity contribution is 0.0543. The lowest BCUT2D eigenvalue weighted by atomic mass is 9.41. The van der Waals surface area contributed by atoms with E-state index in [9.17, 15) is 0 Å². The molecule has 226 valence electrons. The first kappa shape index (κ1) is 33.6. The summed E-state index contributed by atoms with van der Waals surface area (Å²) in [4.78, 5) is 0. The Morgan fingerprint density at radius 1 is 0.952 bits per heavy atom. The molecule has 4 rings (SSSR count). The molecule has 0 radical (unpaired) electrons. The number of fused-ring (bicyclic) bond motifs is 3. The van der Waals surface area contributed by atoms with E-state index in [0.717, 1.165) is 31.3 Å². The van der Waals surface area contributed by atoms with Gasteiger partial charge in [-0.2, -0.15) is 0 Å². The van der Waals surface area contributed by atoms with Crippen molar-refractivity contribution in [3.8, 4) is 0 Å². The fourth-order valence-electron chi connectivity index (χ4n) is 8.70. The lowest BCUT2D eigenvalue weighted by Crippen LogP contribution is -2.52. The van der Waals surface area contributed by atoms with E-state index in [1.165, 1.54) is 78.8 Å². The molecule has 0 aromatic heterocycles. The quantitative estimate of drug-likeness (QED) is 0.313. The smallest absolute Gasteiger partial charge is 0.0194 e. The Bertz CT molecular complexity index is 1470. The second kappa shape index (κ2) is 12.0. The van der Waals surface area contributed by atoms with E-state index in [1.807, 2.05) is 6.08 Å². The summed E-state index contributed by atoms with van der Waals surface area (Å²) in [6.07, 6.45) is 12.0. The predicted octanol–water partition coefficient (Wildman–Crippen LogP) is 12.8. The summed E-state index contributed by atoms with van der Waals surface area (Å²) in [7, 11) is 0. The molecule has 0 saturated carbocycles. The third kappa shape index (κ3) is 5.14. The van der Waals surface area contributed by atoms with Gasteiger partial charge in [-0.05, 0) is 134 Å². The maximum atomic E-state index is 4.86. The first-order valence-electron chi connectivity index (χ1n) is 16.1. The highest BCUT2D eigenvalue weighted by Gasteiger charge is 2.59. The van der Waals surface area contributed by atoms with Crippen molar-refractivity contribution < 1.29 is 0 Å². The van der Waals surface area contributed by atoms with Gasteiger partial charge in [-0.1, -0.05) is 121 Å². The largest absolute Gasteiger partial charge is 0.0984 e. The van der Waals surface area contributed by atoms with Crippen molar-refractivity contribution in [1.82, 2.24) is 0 Å². The zero-order chi connectivity index (χ0) is 31.9. The van der Waals surface area contributed by atoms with Gasteiger partial charge in [-0.25, -0.2) is 0 Å². The molecule has 0 bridgehead atoms. The van der Waals surface area contributed by atoms with Crippen LogP contribution in [0.2, 0.25) is 0 Å². The summed E-state index contributed by atoms with van der Waals surface area (Å²) in [5, 5.41) is 0. The van der Waals surface area contributed by atoms with Crippen LogP contribution in [0.4, 0.5) is 0 Å². The van der Waals surface area contributed by atoms with Gasteiger partial charge in [0.15, 0.2) is 0 Å². The summed E-state index contributed by atoms with van der Waals surface area (Å²) in [6.45, 7) is 45.6. The Labute approximate surface area is 259 Å². The molecule has 1 aromatic carbocycles. The van der Waals surface area contributed by atoms with Crippen molar-refractivity contribution in [1.29, 1.82) is 0 Å². The minimum absolute atomic E-state index is 0.0422. The van der Waals surface area contributed by atoms with Crippen LogP contribution in [0.15, 0.2) is 89.6 Å². The molecule has 0 heteroatoms. The van der Waals surface area contributed by atoms with Gasteiger partial charge in [0.1, 0.15) is 0 Å². The number of hydrogen-bond acceptors (Lipinski definition) is 0. The Hall–Kier alpha value is -2.86. The SMILES string of the molecule is C=C/C(=C\C=C(/C)CC)c1cc(C)c2c(c1C)C(=C)C1=C(C)[C@]3(C)C(=C)C(C(=C)C)=C(C)C[C@]3(C)CC1(C)C2.CCC. The van der Waals surface area contributed by atoms with Gasteiger partial charge in [-0.3, -0.25) is 0 Å². The van der Waals surface area contributed by atoms with Crippen LogP contribution in [-0.4, -0.2) is 0 Å². The van der Waals surface area contributed by atoms with Gasteiger partial charge in [0, 0.05) is 5.41 Å². The van der Waals surface area contributed by atoms with Crippen LogP contribution in [0.3, 0.4) is 0 Å². The van der Waals surface area contributed by atoms with Crippen molar-refractivity contribution in [3.05, 3.63) is 117 Å². The molecule has 0 saturated heterocycles. The molecule has 0 heterocycles. The van der Waals surface area contributed by atoms with E-state index >= 15 is 0 Å². The van der Waals surface area contributed by atoms with Crippen LogP contribution in [0, 0.1) is 30.1 Å². The van der Waals surface area contributed by atoms with Gasteiger partial charge in [-0.15, -0.1) is 0 Å². The molecule has 3 atom stereocenters. The zero-order valence-electron chi connectivity index (χ0n) is 29.2. The first-order chi connectivity index (χ1) is 19.5. The molecule has 0 spiro atoms. The van der Waals surface area contributed by atoms with Crippen molar-refractivity contribution in [2.75, 3.05) is 0 Å². The first-order valence-corrected chi connectivity index (χ1v) is 16.1. The van der Waals surface area contributed by atoms with E-state index in [2.05, 4.69) is 114 Å².